The zero-order valence-electron chi connectivity index (χ0n) is 38.9. The molecule has 0 bridgehead atoms. The predicted molar refractivity (Wildman–Crippen MR) is 246 cm³/mol. The van der Waals surface area contributed by atoms with Crippen molar-refractivity contribution >= 4 is 70.2 Å². The van der Waals surface area contributed by atoms with E-state index in [1.807, 2.05) is 25.8 Å². The van der Waals surface area contributed by atoms with Crippen LogP contribution in [0.25, 0.3) is 0 Å². The van der Waals surface area contributed by atoms with Gasteiger partial charge < -0.3 is 41.0 Å². The molecule has 0 aromatic heterocycles. The third kappa shape index (κ3) is 20.6. The molecular formula is C45H66N8O11S. The lowest BCUT2D eigenvalue weighted by atomic mass is 9.89. The van der Waals surface area contributed by atoms with Gasteiger partial charge in [-0.3, -0.25) is 38.6 Å². The monoisotopic (exact) mass is 926 g/mol. The van der Waals surface area contributed by atoms with Gasteiger partial charge in [0.25, 0.3) is 16.9 Å². The van der Waals surface area contributed by atoms with E-state index in [0.29, 0.717) is 43.5 Å². The molecule has 0 spiro atoms. The van der Waals surface area contributed by atoms with E-state index in [2.05, 4.69) is 27.8 Å². The molecular weight excluding hydrogens is 861 g/mol. The van der Waals surface area contributed by atoms with E-state index in [1.165, 1.54) is 29.0 Å². The lowest BCUT2D eigenvalue weighted by molar-refractivity contribution is -0.137. The van der Waals surface area contributed by atoms with Gasteiger partial charge in [0.15, 0.2) is 5.78 Å². The maximum absolute atomic E-state index is 13.6. The van der Waals surface area contributed by atoms with Crippen LogP contribution in [0.4, 0.5) is 20.1 Å². The molecule has 65 heavy (non-hydrogen) atoms. The van der Waals surface area contributed by atoms with Gasteiger partial charge in [0.05, 0.1) is 11.6 Å². The van der Waals surface area contributed by atoms with E-state index in [-0.39, 0.29) is 93.2 Å². The third-order valence-electron chi connectivity index (χ3n) is 10.6. The minimum Gasteiger partial charge on any atom is -0.448 e. The van der Waals surface area contributed by atoms with E-state index in [0.717, 1.165) is 16.7 Å². The summed E-state index contributed by atoms with van der Waals surface area (Å²) >= 11 is 1.04. The number of hydrogen-bond acceptors (Lipinski definition) is 13. The number of carbonyl (C=O) groups is 9. The number of nitrogens with two attached hydrogens (primary N) is 1. The number of primary amides is 1. The minimum atomic E-state index is -0.849. The summed E-state index contributed by atoms with van der Waals surface area (Å²) in [5, 5.41) is 7.90. The van der Waals surface area contributed by atoms with Gasteiger partial charge in [-0.15, -0.1) is 0 Å². The molecule has 1 aromatic carbocycles. The van der Waals surface area contributed by atoms with Crippen molar-refractivity contribution in [3.63, 3.8) is 0 Å². The number of carbonyl (C=O) groups excluding carboxylic acids is 9. The summed E-state index contributed by atoms with van der Waals surface area (Å²) in [6.45, 7) is 8.53. The number of nitrogens with one attached hydrogen (secondary N) is 3. The summed E-state index contributed by atoms with van der Waals surface area (Å²) in [6.07, 6.45) is 5.11. The number of ketones is 1. The molecule has 0 unspecified atom stereocenters. The summed E-state index contributed by atoms with van der Waals surface area (Å²) in [4.78, 5) is 117. The van der Waals surface area contributed by atoms with Gasteiger partial charge >= 0.3 is 18.2 Å². The molecule has 20 heteroatoms. The fourth-order valence-electron chi connectivity index (χ4n) is 6.18. The van der Waals surface area contributed by atoms with Crippen LogP contribution >= 0.6 is 11.8 Å². The van der Waals surface area contributed by atoms with Gasteiger partial charge in [-0.2, -0.15) is 0 Å². The van der Waals surface area contributed by atoms with Gasteiger partial charge in [-0.05, 0) is 82.4 Å². The Bertz CT molecular complexity index is 1910. The molecule has 0 fully saturated rings. The standard InChI is InChI=1S/C45H66N8O11S/c1-31(2)40(49-36(55)14-10-9-11-24-53-37(56)19-20-38(53)57)35(54)29-33(13-12-23-47-42(46)60)41(59)48-34-17-15-32(16-18-34)30-64-44(62)51(6)26-25-50(5)43(61)63-28-27-52(7)45(3,4)22-21-39(58)65-8/h15-20,31,33,40H,9-14,23-30H2,1-8H3,(H,48,59)(H,49,55)(H3,46,47,60)/t33-,40+/m1/s1. The molecule has 0 radical (unpaired) electrons. The number of benzene rings is 1. The molecule has 0 saturated carbocycles. The van der Waals surface area contributed by atoms with Crippen molar-refractivity contribution in [2.75, 3.05) is 72.0 Å². The first-order valence-electron chi connectivity index (χ1n) is 21.5. The molecule has 1 aromatic rings. The zero-order valence-corrected chi connectivity index (χ0v) is 39.7. The fourth-order valence-corrected chi connectivity index (χ4v) is 6.33. The number of Topliss-reactive ketones (excluding diaryl/α,β-unsaturated/α-hetero) is 1. The molecule has 5 N–H and O–H groups in total. The second-order valence-electron chi connectivity index (χ2n) is 16.5. The van der Waals surface area contributed by atoms with Gasteiger partial charge in [0, 0.05) is 83.4 Å². The van der Waals surface area contributed by atoms with Gasteiger partial charge in [0.2, 0.25) is 11.8 Å². The molecule has 1 aliphatic heterocycles. The van der Waals surface area contributed by atoms with Gasteiger partial charge in [0.1, 0.15) is 13.2 Å². The van der Waals surface area contributed by atoms with E-state index in [4.69, 9.17) is 15.2 Å². The summed E-state index contributed by atoms with van der Waals surface area (Å²) < 4.78 is 10.8. The van der Waals surface area contributed by atoms with Crippen molar-refractivity contribution in [2.24, 2.45) is 17.6 Å². The number of urea groups is 1. The van der Waals surface area contributed by atoms with Crippen molar-refractivity contribution in [3.8, 4) is 11.8 Å². The normalized spacial score (nSPS) is 13.1. The van der Waals surface area contributed by atoms with Gasteiger partial charge in [-0.1, -0.05) is 50.1 Å². The van der Waals surface area contributed by atoms with Crippen LogP contribution < -0.4 is 21.7 Å². The number of nitrogens with zero attached hydrogens (tertiary/aromatic N) is 4. The van der Waals surface area contributed by atoms with E-state index in [9.17, 15) is 43.2 Å². The summed E-state index contributed by atoms with van der Waals surface area (Å²) in [6, 6.07) is 5.04. The number of imide groups is 1. The highest BCUT2D eigenvalue weighted by Crippen LogP contribution is 2.20. The fraction of sp³-hybridized carbons (Fsp3) is 0.578. The highest BCUT2D eigenvalue weighted by Gasteiger charge is 2.30. The summed E-state index contributed by atoms with van der Waals surface area (Å²) in [7, 11) is 4.91. The lowest BCUT2D eigenvalue weighted by Crippen LogP contribution is -2.45. The summed E-state index contributed by atoms with van der Waals surface area (Å²) in [5.41, 5.74) is 5.64. The first-order chi connectivity index (χ1) is 30.6. The quantitative estimate of drug-likeness (QED) is 0.0591. The van der Waals surface area contributed by atoms with Crippen molar-refractivity contribution in [3.05, 3.63) is 42.0 Å². The van der Waals surface area contributed by atoms with Crippen LogP contribution in [0.1, 0.15) is 78.2 Å². The highest BCUT2D eigenvalue weighted by atomic mass is 32.2. The average molecular weight is 927 g/mol. The van der Waals surface area contributed by atoms with Crippen LogP contribution in [0.3, 0.4) is 0 Å². The van der Waals surface area contributed by atoms with Crippen LogP contribution in [0, 0.1) is 23.7 Å². The molecule has 358 valence electrons. The Kier molecular flexibility index (Phi) is 23.8. The number of unbranched alkanes of at least 4 members (excludes halogenated alkanes) is 2. The molecule has 0 saturated heterocycles. The Balaban J connectivity index is 1.87. The van der Waals surface area contributed by atoms with Gasteiger partial charge in [-0.25, -0.2) is 14.4 Å². The second-order valence-corrected chi connectivity index (χ2v) is 17.3. The molecule has 8 amide bonds. The van der Waals surface area contributed by atoms with Crippen molar-refractivity contribution < 1.29 is 52.6 Å². The van der Waals surface area contributed by atoms with Crippen LogP contribution in [0.5, 0.6) is 0 Å². The average Bonchev–Trinajstić information content (AvgIpc) is 3.58. The number of ether oxygens (including phenoxy) is 2. The first kappa shape index (κ1) is 55.2. The van der Waals surface area contributed by atoms with Crippen LogP contribution in [-0.2, 0) is 44.8 Å². The molecule has 2 rings (SSSR count). The van der Waals surface area contributed by atoms with Crippen molar-refractivity contribution in [1.82, 2.24) is 30.2 Å². The second kappa shape index (κ2) is 28.1. The number of anilines is 1. The van der Waals surface area contributed by atoms with Crippen LogP contribution in [0.2, 0.25) is 0 Å². The van der Waals surface area contributed by atoms with Crippen molar-refractivity contribution in [1.29, 1.82) is 0 Å². The molecule has 2 atom stereocenters. The number of rotatable bonds is 26. The number of thioether (sulfide) groups is 1. The van der Waals surface area contributed by atoms with E-state index < -0.39 is 41.6 Å². The smallest absolute Gasteiger partial charge is 0.409 e. The third-order valence-corrected chi connectivity index (χ3v) is 11.1. The largest absolute Gasteiger partial charge is 0.448 e. The van der Waals surface area contributed by atoms with Crippen LogP contribution in [-0.4, -0.2) is 151 Å². The maximum Gasteiger partial charge on any atom is 0.409 e. The predicted octanol–water partition coefficient (Wildman–Crippen LogP) is 3.52. The Morgan fingerprint density at radius 3 is 2.06 bits per heavy atom. The molecule has 19 nitrogen and oxygen atoms in total. The lowest BCUT2D eigenvalue weighted by Gasteiger charge is -2.30. The number of amides is 8. The van der Waals surface area contributed by atoms with E-state index >= 15 is 0 Å². The topological polar surface area (TPSA) is 247 Å². The van der Waals surface area contributed by atoms with E-state index in [1.54, 1.807) is 51.4 Å². The Hall–Kier alpha value is -5.94. The SMILES string of the molecule is CSC(=O)C#CC(C)(C)N(C)CCOC(=O)N(C)CCN(C)C(=O)OCc1ccc(NC(=O)[C@H](CCCNC(N)=O)CC(=O)[C@@H](NC(=O)CCCCCN2C(=O)C=CC2=O)C(C)C)cc1. The number of hydrogen-bond donors (Lipinski definition) is 4. The highest BCUT2D eigenvalue weighted by molar-refractivity contribution is 8.13. The Morgan fingerprint density at radius 2 is 1.48 bits per heavy atom. The Morgan fingerprint density at radius 1 is 0.862 bits per heavy atom. The maximum atomic E-state index is 13.6. The minimum absolute atomic E-state index is 0.0698. The first-order valence-corrected chi connectivity index (χ1v) is 22.7. The number of likely N-dealkylation sites (N-methyl/N-ethyl adjacent to an activating group) is 3. The van der Waals surface area contributed by atoms with Crippen molar-refractivity contribution in [2.45, 2.75) is 90.8 Å². The van der Waals surface area contributed by atoms with Crippen LogP contribution in [0.15, 0.2) is 36.4 Å². The zero-order chi connectivity index (χ0) is 48.7. The molecule has 1 aliphatic rings. The summed E-state index contributed by atoms with van der Waals surface area (Å²) in [5.74, 6) is 2.65. The molecule has 0 aliphatic carbocycles. The Labute approximate surface area is 386 Å². The molecule has 1 heterocycles.